The average Bonchev–Trinajstić information content (AvgIpc) is 3.36. The van der Waals surface area contributed by atoms with Gasteiger partial charge in [0.05, 0.1) is 17.7 Å². The first-order valence-electron chi connectivity index (χ1n) is 11.8. The van der Waals surface area contributed by atoms with Crippen molar-refractivity contribution >= 4 is 23.6 Å². The topological polar surface area (TPSA) is 149 Å². The van der Waals surface area contributed by atoms with E-state index in [9.17, 15) is 32.9 Å². The summed E-state index contributed by atoms with van der Waals surface area (Å²) in [4.78, 5) is 35.3. The quantitative estimate of drug-likeness (QED) is 0.217. The first-order chi connectivity index (χ1) is 18.1. The van der Waals surface area contributed by atoms with Crippen LogP contribution in [0.15, 0.2) is 40.1 Å². The van der Waals surface area contributed by atoms with Gasteiger partial charge in [-0.25, -0.2) is 13.2 Å². The van der Waals surface area contributed by atoms with Gasteiger partial charge in [-0.1, -0.05) is 11.2 Å². The minimum atomic E-state index is -1.39. The fourth-order valence-corrected chi connectivity index (χ4v) is 4.74. The van der Waals surface area contributed by atoms with Crippen LogP contribution in [0.3, 0.4) is 0 Å². The number of benzene rings is 1. The summed E-state index contributed by atoms with van der Waals surface area (Å²) in [6.07, 6.45) is 7.05. The van der Waals surface area contributed by atoms with Crippen molar-refractivity contribution in [3.8, 4) is 0 Å². The van der Waals surface area contributed by atoms with Crippen molar-refractivity contribution in [3.05, 3.63) is 69.1 Å². The van der Waals surface area contributed by atoms with Gasteiger partial charge in [-0.15, -0.1) is 5.10 Å². The van der Waals surface area contributed by atoms with Crippen LogP contribution in [-0.4, -0.2) is 34.1 Å². The summed E-state index contributed by atoms with van der Waals surface area (Å²) in [7, 11) is 1.36. The Morgan fingerprint density at radius 1 is 1.13 bits per heavy atom. The highest BCUT2D eigenvalue weighted by molar-refractivity contribution is 5.91. The molecule has 202 valence electrons. The van der Waals surface area contributed by atoms with Crippen molar-refractivity contribution in [1.29, 1.82) is 0 Å². The number of esters is 1. The molecule has 2 aliphatic rings. The summed E-state index contributed by atoms with van der Waals surface area (Å²) in [5.41, 5.74) is -0.710. The van der Waals surface area contributed by atoms with E-state index in [1.165, 1.54) is 13.2 Å². The maximum Gasteiger partial charge on any atom is 0.320 e. The molecular weight excluding hydrogens is 511 g/mol. The lowest BCUT2D eigenvalue weighted by Gasteiger charge is -2.33. The smallest absolute Gasteiger partial charge is 0.320 e. The van der Waals surface area contributed by atoms with E-state index in [-0.39, 0.29) is 41.5 Å². The van der Waals surface area contributed by atoms with Crippen molar-refractivity contribution in [1.82, 2.24) is 15.5 Å². The number of amides is 1. The van der Waals surface area contributed by atoms with Gasteiger partial charge >= 0.3 is 23.8 Å². The van der Waals surface area contributed by atoms with E-state index in [1.54, 1.807) is 0 Å². The third-order valence-corrected chi connectivity index (χ3v) is 6.77. The summed E-state index contributed by atoms with van der Waals surface area (Å²) in [6.45, 7) is 0. The van der Waals surface area contributed by atoms with Crippen LogP contribution in [0.25, 0.3) is 0 Å². The molecular formula is C24H24F3N5O6. The standard InChI is InChI=1S/C24H24F3N5O6/c1-37-21(33)8-12-2-4-13(5-3-12)14-6-7-18(20(9-14)32(35)36)28-22(34)23-30-31-24(38-23)29-19-11-16(26)15(25)10-17(19)27/h6-7,10-14H,2-5,8-9H2,1H3,(H,28,34)(H,29,31)/t12-,13-,14?. The number of rotatable bonds is 8. The molecule has 1 fully saturated rings. The summed E-state index contributed by atoms with van der Waals surface area (Å²) in [6, 6.07) is 0.382. The zero-order chi connectivity index (χ0) is 27.4. The number of hydrogen-bond acceptors (Lipinski definition) is 9. The minimum Gasteiger partial charge on any atom is -0.469 e. The van der Waals surface area contributed by atoms with E-state index in [4.69, 9.17) is 9.15 Å². The van der Waals surface area contributed by atoms with Gasteiger partial charge in [-0.05, 0) is 49.5 Å². The van der Waals surface area contributed by atoms with Crippen molar-refractivity contribution < 1.29 is 36.8 Å². The molecule has 1 unspecified atom stereocenters. The summed E-state index contributed by atoms with van der Waals surface area (Å²) >= 11 is 0. The van der Waals surface area contributed by atoms with E-state index in [0.29, 0.717) is 18.6 Å². The highest BCUT2D eigenvalue weighted by atomic mass is 19.2. The Bertz CT molecular complexity index is 1300. The van der Waals surface area contributed by atoms with Crippen LogP contribution < -0.4 is 10.6 Å². The maximum absolute atomic E-state index is 13.8. The molecule has 1 aromatic heterocycles. The minimum absolute atomic E-state index is 0.0324. The number of allylic oxidation sites excluding steroid dienone is 3. The molecule has 1 saturated carbocycles. The third-order valence-electron chi connectivity index (χ3n) is 6.77. The zero-order valence-electron chi connectivity index (χ0n) is 20.2. The highest BCUT2D eigenvalue weighted by Crippen LogP contribution is 2.39. The third kappa shape index (κ3) is 6.18. The molecule has 0 aliphatic heterocycles. The van der Waals surface area contributed by atoms with Gasteiger partial charge in [0.1, 0.15) is 11.5 Å². The first-order valence-corrected chi connectivity index (χ1v) is 11.8. The molecule has 1 aromatic carbocycles. The zero-order valence-corrected chi connectivity index (χ0v) is 20.2. The van der Waals surface area contributed by atoms with E-state index in [0.717, 1.165) is 25.7 Å². The number of carbonyl (C=O) groups is 2. The number of aromatic nitrogens is 2. The van der Waals surface area contributed by atoms with Gasteiger partial charge in [-0.3, -0.25) is 19.7 Å². The van der Waals surface area contributed by atoms with Crippen molar-refractivity contribution in [2.75, 3.05) is 12.4 Å². The van der Waals surface area contributed by atoms with E-state index < -0.39 is 45.9 Å². The fraction of sp³-hybridized carbons (Fsp3) is 0.417. The molecule has 1 amide bonds. The normalized spacial score (nSPS) is 21.2. The Balaban J connectivity index is 1.38. The second-order valence-electron chi connectivity index (χ2n) is 9.14. The molecule has 11 nitrogen and oxygen atoms in total. The number of nitrogens with one attached hydrogen (secondary N) is 2. The van der Waals surface area contributed by atoms with Crippen molar-refractivity contribution in [3.63, 3.8) is 0 Å². The lowest BCUT2D eigenvalue weighted by Crippen LogP contribution is -2.29. The largest absolute Gasteiger partial charge is 0.469 e. The predicted octanol–water partition coefficient (Wildman–Crippen LogP) is 4.39. The molecule has 1 heterocycles. The molecule has 4 rings (SSSR count). The Morgan fingerprint density at radius 2 is 1.84 bits per heavy atom. The Labute approximate surface area is 214 Å². The molecule has 0 radical (unpaired) electrons. The molecule has 0 spiro atoms. The Morgan fingerprint density at radius 3 is 2.53 bits per heavy atom. The van der Waals surface area contributed by atoms with Crippen LogP contribution in [0, 0.1) is 45.3 Å². The number of carbonyl (C=O) groups excluding carboxylic acids is 2. The number of methoxy groups -OCH3 is 1. The number of hydrogen-bond donors (Lipinski definition) is 2. The molecule has 2 aromatic rings. The van der Waals surface area contributed by atoms with E-state index in [1.807, 2.05) is 6.08 Å². The highest BCUT2D eigenvalue weighted by Gasteiger charge is 2.34. The lowest BCUT2D eigenvalue weighted by atomic mass is 9.72. The van der Waals surface area contributed by atoms with Gasteiger partial charge < -0.3 is 19.8 Å². The van der Waals surface area contributed by atoms with Crippen molar-refractivity contribution in [2.45, 2.75) is 38.5 Å². The van der Waals surface area contributed by atoms with Gasteiger partial charge in [0.25, 0.3) is 5.70 Å². The van der Waals surface area contributed by atoms with Gasteiger partial charge in [0.2, 0.25) is 0 Å². The number of halogens is 3. The molecule has 0 saturated heterocycles. The molecule has 2 aliphatic carbocycles. The summed E-state index contributed by atoms with van der Waals surface area (Å²) in [5.74, 6) is -5.28. The Hall–Kier alpha value is -4.23. The number of anilines is 2. The van der Waals surface area contributed by atoms with Crippen LogP contribution in [0.2, 0.25) is 0 Å². The van der Waals surface area contributed by atoms with E-state index in [2.05, 4.69) is 20.8 Å². The van der Waals surface area contributed by atoms with Crippen LogP contribution in [0.4, 0.5) is 24.9 Å². The summed E-state index contributed by atoms with van der Waals surface area (Å²) < 4.78 is 50.1. The van der Waals surface area contributed by atoms with Crippen LogP contribution in [-0.2, 0) is 9.53 Å². The number of ether oxygens (including phenoxy) is 1. The molecule has 14 heteroatoms. The van der Waals surface area contributed by atoms with Crippen molar-refractivity contribution in [2.24, 2.45) is 17.8 Å². The maximum atomic E-state index is 13.8. The van der Waals surface area contributed by atoms with Gasteiger partial charge in [0, 0.05) is 25.0 Å². The van der Waals surface area contributed by atoms with Crippen LogP contribution in [0.5, 0.6) is 0 Å². The molecule has 2 N–H and O–H groups in total. The van der Waals surface area contributed by atoms with Crippen LogP contribution in [0.1, 0.15) is 49.2 Å². The molecule has 1 atom stereocenters. The fourth-order valence-electron chi connectivity index (χ4n) is 4.74. The lowest BCUT2D eigenvalue weighted by molar-refractivity contribution is -0.430. The SMILES string of the molecule is COC(=O)C[C@H]1CC[C@H](C2C=CC(NC(=O)c3nnc(Nc4cc(F)c(F)cc4F)o3)=C([N+](=O)[O-])C2)CC1. The second-order valence-corrected chi connectivity index (χ2v) is 9.14. The summed E-state index contributed by atoms with van der Waals surface area (Å²) in [5, 5.41) is 23.4. The van der Waals surface area contributed by atoms with Gasteiger partial charge in [-0.2, -0.15) is 0 Å². The monoisotopic (exact) mass is 535 g/mol. The first kappa shape index (κ1) is 26.8. The van der Waals surface area contributed by atoms with Crippen LogP contribution >= 0.6 is 0 Å². The van der Waals surface area contributed by atoms with E-state index >= 15 is 0 Å². The molecule has 0 bridgehead atoms. The second kappa shape index (κ2) is 11.4. The number of nitro groups is 1. The Kier molecular flexibility index (Phi) is 8.08. The average molecular weight is 535 g/mol. The predicted molar refractivity (Wildman–Crippen MR) is 125 cm³/mol. The number of nitrogens with zero attached hydrogens (tertiary/aromatic N) is 3. The molecule has 38 heavy (non-hydrogen) atoms. The van der Waals surface area contributed by atoms with Gasteiger partial charge in [0.15, 0.2) is 11.6 Å².